The van der Waals surface area contributed by atoms with Gasteiger partial charge in [0.15, 0.2) is 0 Å². The highest BCUT2D eigenvalue weighted by Gasteiger charge is 2.52. The summed E-state index contributed by atoms with van der Waals surface area (Å²) in [6, 6.07) is 0. The molecule has 0 saturated heterocycles. The molecule has 0 aromatic carbocycles. The Balaban J connectivity index is 2.09. The Bertz CT molecular complexity index is 288. The van der Waals surface area contributed by atoms with Crippen molar-refractivity contribution in [1.82, 2.24) is 4.98 Å². The second-order valence-electron chi connectivity index (χ2n) is 4.48. The van der Waals surface area contributed by atoms with Crippen molar-refractivity contribution in [2.75, 3.05) is 0 Å². The van der Waals surface area contributed by atoms with Crippen molar-refractivity contribution < 1.29 is 5.11 Å². The molecule has 2 nitrogen and oxygen atoms in total. The predicted molar refractivity (Wildman–Crippen MR) is 53.8 cm³/mol. The smallest absolute Gasteiger partial charge is 0.0794 e. The molecule has 1 unspecified atom stereocenters. The summed E-state index contributed by atoms with van der Waals surface area (Å²) in [6.45, 7) is 4.10. The molecular weight excluding hydrogens is 182 g/mol. The van der Waals surface area contributed by atoms with Crippen molar-refractivity contribution in [3.8, 4) is 0 Å². The van der Waals surface area contributed by atoms with E-state index < -0.39 is 5.60 Å². The molecule has 13 heavy (non-hydrogen) atoms. The van der Waals surface area contributed by atoms with E-state index >= 15 is 0 Å². The van der Waals surface area contributed by atoms with Crippen molar-refractivity contribution in [2.45, 2.75) is 38.7 Å². The van der Waals surface area contributed by atoms with Gasteiger partial charge >= 0.3 is 0 Å². The van der Waals surface area contributed by atoms with Crippen molar-refractivity contribution in [1.29, 1.82) is 0 Å². The van der Waals surface area contributed by atoms with Crippen molar-refractivity contribution in [3.63, 3.8) is 0 Å². The molecule has 0 amide bonds. The van der Waals surface area contributed by atoms with Crippen LogP contribution in [0.3, 0.4) is 0 Å². The van der Waals surface area contributed by atoms with E-state index in [0.29, 0.717) is 0 Å². The zero-order chi connectivity index (χ0) is 9.53. The summed E-state index contributed by atoms with van der Waals surface area (Å²) >= 11 is 1.62. The monoisotopic (exact) mass is 197 g/mol. The molecule has 1 heterocycles. The largest absolute Gasteiger partial charge is 0.389 e. The molecule has 1 saturated carbocycles. The molecule has 3 heteroatoms. The predicted octanol–water partition coefficient (Wildman–Crippen LogP) is 2.24. The summed E-state index contributed by atoms with van der Waals surface area (Å²) in [7, 11) is 0. The highest BCUT2D eigenvalue weighted by Crippen LogP contribution is 2.54. The molecule has 1 aromatic heterocycles. The lowest BCUT2D eigenvalue weighted by molar-refractivity contribution is -0.00636. The molecule has 2 rings (SSSR count). The van der Waals surface area contributed by atoms with Gasteiger partial charge < -0.3 is 5.11 Å². The zero-order valence-corrected chi connectivity index (χ0v) is 8.90. The average molecular weight is 197 g/mol. The van der Waals surface area contributed by atoms with Gasteiger partial charge in [0.1, 0.15) is 0 Å². The molecule has 0 radical (unpaired) electrons. The van der Waals surface area contributed by atoms with Crippen LogP contribution in [0, 0.1) is 5.41 Å². The minimum atomic E-state index is -0.556. The van der Waals surface area contributed by atoms with E-state index in [4.69, 9.17) is 0 Å². The van der Waals surface area contributed by atoms with Gasteiger partial charge in [-0.05, 0) is 25.2 Å². The molecule has 1 N–H and O–H groups in total. The van der Waals surface area contributed by atoms with Crippen molar-refractivity contribution in [2.24, 2.45) is 5.41 Å². The normalized spacial score (nSPS) is 23.9. The summed E-state index contributed by atoms with van der Waals surface area (Å²) in [4.78, 5) is 5.20. The van der Waals surface area contributed by atoms with E-state index in [9.17, 15) is 5.11 Å². The van der Waals surface area contributed by atoms with Crippen LogP contribution in [-0.2, 0) is 6.42 Å². The number of nitrogens with zero attached hydrogens (tertiary/aromatic N) is 1. The number of rotatable bonds is 3. The molecule has 1 atom stereocenters. The number of hydrogen-bond donors (Lipinski definition) is 1. The van der Waals surface area contributed by atoms with Crippen LogP contribution in [0.5, 0.6) is 0 Å². The van der Waals surface area contributed by atoms with Gasteiger partial charge in [-0.2, -0.15) is 0 Å². The SMILES string of the molecule is CC(O)(Cc1cncs1)C1(C)CC1. The van der Waals surface area contributed by atoms with Crippen LogP contribution in [0.15, 0.2) is 11.7 Å². The molecule has 1 aliphatic carbocycles. The Morgan fingerprint density at radius 3 is 2.85 bits per heavy atom. The second kappa shape index (κ2) is 2.79. The summed E-state index contributed by atoms with van der Waals surface area (Å²) < 4.78 is 0. The van der Waals surface area contributed by atoms with E-state index in [0.717, 1.165) is 19.3 Å². The first-order chi connectivity index (χ1) is 6.04. The number of hydrogen-bond acceptors (Lipinski definition) is 3. The third kappa shape index (κ3) is 1.63. The third-order valence-electron chi connectivity index (χ3n) is 3.30. The van der Waals surface area contributed by atoms with E-state index in [1.165, 1.54) is 4.88 Å². The fourth-order valence-electron chi connectivity index (χ4n) is 1.61. The minimum absolute atomic E-state index is 0.150. The Hall–Kier alpha value is -0.410. The van der Waals surface area contributed by atoms with Gasteiger partial charge in [0.05, 0.1) is 11.1 Å². The van der Waals surface area contributed by atoms with Gasteiger partial charge in [0.2, 0.25) is 0 Å². The molecule has 0 spiro atoms. The van der Waals surface area contributed by atoms with Crippen LogP contribution in [0.1, 0.15) is 31.6 Å². The fraction of sp³-hybridized carbons (Fsp3) is 0.700. The van der Waals surface area contributed by atoms with Crippen LogP contribution in [0.4, 0.5) is 0 Å². The molecule has 0 aliphatic heterocycles. The molecule has 72 valence electrons. The topological polar surface area (TPSA) is 33.1 Å². The Kier molecular flexibility index (Phi) is 1.96. The van der Waals surface area contributed by atoms with Gasteiger partial charge in [0.25, 0.3) is 0 Å². The first-order valence-corrected chi connectivity index (χ1v) is 5.51. The highest BCUT2D eigenvalue weighted by atomic mass is 32.1. The first-order valence-electron chi connectivity index (χ1n) is 4.63. The second-order valence-corrected chi connectivity index (χ2v) is 5.45. The molecular formula is C10H15NOS. The van der Waals surface area contributed by atoms with E-state index in [1.807, 2.05) is 18.6 Å². The molecule has 1 aromatic rings. The van der Waals surface area contributed by atoms with Gasteiger partial charge in [-0.25, -0.2) is 0 Å². The highest BCUT2D eigenvalue weighted by molar-refractivity contribution is 7.09. The lowest BCUT2D eigenvalue weighted by Gasteiger charge is -2.29. The number of aliphatic hydroxyl groups is 1. The Morgan fingerprint density at radius 2 is 2.38 bits per heavy atom. The van der Waals surface area contributed by atoms with E-state index in [1.54, 1.807) is 11.3 Å². The van der Waals surface area contributed by atoms with E-state index in [2.05, 4.69) is 11.9 Å². The fourth-order valence-corrected chi connectivity index (χ4v) is 2.35. The lowest BCUT2D eigenvalue weighted by Crippen LogP contribution is -2.36. The Morgan fingerprint density at radius 1 is 1.69 bits per heavy atom. The maximum atomic E-state index is 10.3. The third-order valence-corrected chi connectivity index (χ3v) is 4.08. The summed E-state index contributed by atoms with van der Waals surface area (Å²) in [6.07, 6.45) is 4.90. The average Bonchev–Trinajstić information content (AvgIpc) is 2.63. The van der Waals surface area contributed by atoms with Gasteiger partial charge in [-0.1, -0.05) is 6.92 Å². The number of aromatic nitrogens is 1. The maximum Gasteiger partial charge on any atom is 0.0794 e. The summed E-state index contributed by atoms with van der Waals surface area (Å²) in [5, 5.41) is 10.3. The van der Waals surface area contributed by atoms with Crippen LogP contribution in [0.25, 0.3) is 0 Å². The van der Waals surface area contributed by atoms with Gasteiger partial charge in [0, 0.05) is 17.5 Å². The van der Waals surface area contributed by atoms with Crippen LogP contribution in [-0.4, -0.2) is 15.7 Å². The van der Waals surface area contributed by atoms with Crippen LogP contribution < -0.4 is 0 Å². The quantitative estimate of drug-likeness (QED) is 0.806. The molecule has 0 bridgehead atoms. The van der Waals surface area contributed by atoms with Crippen molar-refractivity contribution in [3.05, 3.63) is 16.6 Å². The summed E-state index contributed by atoms with van der Waals surface area (Å²) in [5.41, 5.74) is 1.41. The first kappa shape index (κ1) is 9.16. The lowest BCUT2D eigenvalue weighted by atomic mass is 9.84. The maximum absolute atomic E-state index is 10.3. The van der Waals surface area contributed by atoms with Crippen LogP contribution in [0.2, 0.25) is 0 Å². The van der Waals surface area contributed by atoms with E-state index in [-0.39, 0.29) is 5.41 Å². The van der Waals surface area contributed by atoms with Gasteiger partial charge in [-0.15, -0.1) is 11.3 Å². The molecule has 1 fully saturated rings. The Labute approximate surface area is 82.6 Å². The van der Waals surface area contributed by atoms with Gasteiger partial charge in [-0.3, -0.25) is 4.98 Å². The van der Waals surface area contributed by atoms with Crippen LogP contribution >= 0.6 is 11.3 Å². The summed E-state index contributed by atoms with van der Waals surface area (Å²) in [5.74, 6) is 0. The molecule has 1 aliphatic rings. The minimum Gasteiger partial charge on any atom is -0.389 e. The van der Waals surface area contributed by atoms with Crippen molar-refractivity contribution >= 4 is 11.3 Å². The zero-order valence-electron chi connectivity index (χ0n) is 8.08. The number of thiazole rings is 1. The standard InChI is InChI=1S/C10H15NOS/c1-9(3-4-9)10(2,12)5-8-6-11-7-13-8/h6-7,12H,3-5H2,1-2H3.